The standard InChI is InChI=1S/C37H37B3ClN3O4S/c1-20-15-28-33(31(22-5-8-24(41)9-6-22)30(20)32(35(45)46)48-36(2,3)4)49-34(42-28)23-7-10-29-26(16-23)27(17-44(29)37(38,39)40)21-11-13-43(14-12-21)25-18-47-19-25/h5-10,15-17,21,25,32H,11-14,18-19H2,1-4H3,(H,45,46)/t32-/m0/s1. The zero-order valence-electron chi connectivity index (χ0n) is 28.2. The van der Waals surface area contributed by atoms with Crippen molar-refractivity contribution < 1.29 is 19.4 Å². The molecule has 4 heterocycles. The minimum Gasteiger partial charge on any atom is -0.479 e. The van der Waals surface area contributed by atoms with Gasteiger partial charge in [-0.2, -0.15) is 0 Å². The molecule has 49 heavy (non-hydrogen) atoms. The molecule has 2 fully saturated rings. The molecule has 2 aliphatic heterocycles. The fourth-order valence-corrected chi connectivity index (χ4v) is 8.45. The van der Waals surface area contributed by atoms with Crippen LogP contribution in [0, 0.1) is 6.92 Å². The van der Waals surface area contributed by atoms with Gasteiger partial charge in [0, 0.05) is 38.8 Å². The van der Waals surface area contributed by atoms with Gasteiger partial charge in [0.1, 0.15) is 5.01 Å². The summed E-state index contributed by atoms with van der Waals surface area (Å²) in [6, 6.07) is 16.1. The van der Waals surface area contributed by atoms with E-state index in [0.717, 1.165) is 87.5 Å². The van der Waals surface area contributed by atoms with Crippen molar-refractivity contribution in [3.05, 3.63) is 76.4 Å². The molecule has 1 N–H and O–H groups in total. The molecule has 0 aliphatic carbocycles. The third-order valence-corrected chi connectivity index (χ3v) is 11.0. The third-order valence-electron chi connectivity index (χ3n) is 9.62. The van der Waals surface area contributed by atoms with Crippen LogP contribution in [0.3, 0.4) is 0 Å². The second-order valence-electron chi connectivity index (χ2n) is 14.4. The number of halogens is 1. The minimum atomic E-state index is -1.56. The quantitative estimate of drug-likeness (QED) is 0.175. The molecule has 6 radical (unpaired) electrons. The number of aromatic nitrogens is 2. The van der Waals surface area contributed by atoms with Crippen LogP contribution in [-0.4, -0.2) is 87.0 Å². The fraction of sp³-hybridized carbons (Fsp3) is 0.405. The van der Waals surface area contributed by atoms with Crippen molar-refractivity contribution in [1.29, 1.82) is 0 Å². The molecule has 0 saturated carbocycles. The van der Waals surface area contributed by atoms with Gasteiger partial charge in [-0.25, -0.2) is 9.78 Å². The lowest BCUT2D eigenvalue weighted by molar-refractivity contribution is -0.160. The number of nitrogens with zero attached hydrogens (tertiary/aromatic N) is 3. The first-order chi connectivity index (χ1) is 23.2. The average Bonchev–Trinajstić information content (AvgIpc) is 3.60. The van der Waals surface area contributed by atoms with Gasteiger partial charge in [-0.1, -0.05) is 29.0 Å². The van der Waals surface area contributed by atoms with Gasteiger partial charge in [0.15, 0.2) is 6.10 Å². The summed E-state index contributed by atoms with van der Waals surface area (Å²) in [5.41, 5.74) is 6.08. The van der Waals surface area contributed by atoms with Crippen LogP contribution in [0.25, 0.3) is 42.8 Å². The van der Waals surface area contributed by atoms with Crippen molar-refractivity contribution >= 4 is 73.6 Å². The van der Waals surface area contributed by atoms with Gasteiger partial charge in [-0.05, 0) is 113 Å². The molecule has 7 rings (SSSR count). The van der Waals surface area contributed by atoms with Crippen molar-refractivity contribution in [1.82, 2.24) is 14.5 Å². The van der Waals surface area contributed by atoms with Crippen LogP contribution in [0.2, 0.25) is 5.02 Å². The average molecular weight is 688 g/mol. The Bertz CT molecular complexity index is 2040. The highest BCUT2D eigenvalue weighted by molar-refractivity contribution is 7.22. The predicted molar refractivity (Wildman–Crippen MR) is 200 cm³/mol. The molecule has 246 valence electrons. The molecular weight excluding hydrogens is 650 g/mol. The molecule has 7 nitrogen and oxygen atoms in total. The number of rotatable bonds is 8. The first-order valence-corrected chi connectivity index (χ1v) is 17.8. The topological polar surface area (TPSA) is 76.8 Å². The van der Waals surface area contributed by atoms with Gasteiger partial charge in [-0.15, -0.1) is 11.3 Å². The maximum absolute atomic E-state index is 12.8. The zero-order chi connectivity index (χ0) is 34.8. The van der Waals surface area contributed by atoms with E-state index in [1.54, 1.807) is 4.57 Å². The Kier molecular flexibility index (Phi) is 9.06. The third kappa shape index (κ3) is 6.73. The monoisotopic (exact) mass is 687 g/mol. The van der Waals surface area contributed by atoms with Gasteiger partial charge in [0.05, 0.1) is 58.6 Å². The highest BCUT2D eigenvalue weighted by Gasteiger charge is 2.34. The molecular formula is C37H37B3ClN3O4S. The van der Waals surface area contributed by atoms with Crippen LogP contribution in [0.1, 0.15) is 62.3 Å². The number of thiazole rings is 1. The Morgan fingerprint density at radius 3 is 2.33 bits per heavy atom. The van der Waals surface area contributed by atoms with Crippen molar-refractivity contribution in [3.63, 3.8) is 0 Å². The Labute approximate surface area is 300 Å². The molecule has 0 amide bonds. The summed E-state index contributed by atoms with van der Waals surface area (Å²) in [6.45, 7) is 11.1. The molecule has 12 heteroatoms. The van der Waals surface area contributed by atoms with Crippen molar-refractivity contribution in [2.24, 2.45) is 0 Å². The number of fused-ring (bicyclic) bond motifs is 2. The van der Waals surface area contributed by atoms with Gasteiger partial charge < -0.3 is 19.1 Å². The molecule has 1 atom stereocenters. The van der Waals surface area contributed by atoms with Crippen LogP contribution in [0.5, 0.6) is 0 Å². The van der Waals surface area contributed by atoms with E-state index in [9.17, 15) is 9.90 Å². The van der Waals surface area contributed by atoms with E-state index in [2.05, 4.69) is 11.0 Å². The van der Waals surface area contributed by atoms with Gasteiger partial charge in [-0.3, -0.25) is 4.90 Å². The van der Waals surface area contributed by atoms with E-state index in [1.807, 2.05) is 76.4 Å². The molecule has 5 aromatic rings. The number of aliphatic carboxylic acids is 1. The van der Waals surface area contributed by atoms with E-state index in [0.29, 0.717) is 22.5 Å². The number of hydrogen-bond donors (Lipinski definition) is 1. The maximum atomic E-state index is 12.8. The molecule has 2 saturated heterocycles. The van der Waals surface area contributed by atoms with Crippen molar-refractivity contribution in [2.45, 2.75) is 69.4 Å². The van der Waals surface area contributed by atoms with E-state index in [4.69, 9.17) is 49.6 Å². The number of carbonyl (C=O) groups is 1. The van der Waals surface area contributed by atoms with Gasteiger partial charge >= 0.3 is 5.97 Å². The Hall–Kier alpha value is -3.08. The van der Waals surface area contributed by atoms with Crippen molar-refractivity contribution in [2.75, 3.05) is 26.3 Å². The Balaban J connectivity index is 1.36. The highest BCUT2D eigenvalue weighted by atomic mass is 35.5. The summed E-state index contributed by atoms with van der Waals surface area (Å²) in [6.07, 6.45) is 2.87. The van der Waals surface area contributed by atoms with Crippen LogP contribution in [0.15, 0.2) is 54.7 Å². The molecule has 0 unspecified atom stereocenters. The summed E-state index contributed by atoms with van der Waals surface area (Å²) in [4.78, 5) is 20.4. The lowest BCUT2D eigenvalue weighted by Gasteiger charge is -2.41. The molecule has 0 spiro atoms. The predicted octanol–water partition coefficient (Wildman–Crippen LogP) is 7.14. The van der Waals surface area contributed by atoms with E-state index >= 15 is 0 Å². The van der Waals surface area contributed by atoms with Crippen LogP contribution in [0.4, 0.5) is 0 Å². The Morgan fingerprint density at radius 1 is 1.06 bits per heavy atom. The second-order valence-corrected chi connectivity index (χ2v) is 15.8. The molecule has 0 bridgehead atoms. The minimum absolute atomic E-state index is 0.325. The second kappa shape index (κ2) is 12.9. The van der Waals surface area contributed by atoms with Crippen LogP contribution >= 0.6 is 22.9 Å². The summed E-state index contributed by atoms with van der Waals surface area (Å²) in [7, 11) is 18.8. The zero-order valence-corrected chi connectivity index (χ0v) is 29.8. The van der Waals surface area contributed by atoms with Gasteiger partial charge in [0.2, 0.25) is 0 Å². The van der Waals surface area contributed by atoms with Gasteiger partial charge in [0.25, 0.3) is 0 Å². The number of benzene rings is 3. The van der Waals surface area contributed by atoms with Crippen LogP contribution < -0.4 is 0 Å². The first kappa shape index (κ1) is 34.4. The number of aryl methyl sites for hydroxylation is 1. The van der Waals surface area contributed by atoms with Crippen molar-refractivity contribution in [3.8, 4) is 21.7 Å². The van der Waals surface area contributed by atoms with E-state index in [1.165, 1.54) is 16.9 Å². The number of carboxylic acid groups (broad SMARTS) is 1. The number of carboxylic acids is 1. The SMILES string of the molecule is [B]C([B])([B])n1cc(C2CCN(C3COC3)CC2)c2cc(-c3nc4cc(C)c([C@H](OC(C)(C)C)C(=O)O)c(-c5ccc(Cl)cc5)c4s3)ccc21. The number of likely N-dealkylation sites (tertiary alicyclic amines) is 1. The number of hydrogen-bond acceptors (Lipinski definition) is 6. The Morgan fingerprint density at radius 2 is 1.73 bits per heavy atom. The molecule has 3 aromatic carbocycles. The van der Waals surface area contributed by atoms with E-state index < -0.39 is 22.9 Å². The summed E-state index contributed by atoms with van der Waals surface area (Å²) < 4.78 is 14.3. The fourth-order valence-electron chi connectivity index (χ4n) is 7.21. The number of ether oxygens (including phenoxy) is 2. The maximum Gasteiger partial charge on any atom is 0.337 e. The summed E-state index contributed by atoms with van der Waals surface area (Å²) >= 11 is 7.82. The normalized spacial score (nSPS) is 17.5. The number of piperidine rings is 1. The lowest BCUT2D eigenvalue weighted by atomic mass is 9.49. The lowest BCUT2D eigenvalue weighted by Crippen LogP contribution is -2.51. The summed E-state index contributed by atoms with van der Waals surface area (Å²) in [5, 5.41) is 11.3. The molecule has 2 aliphatic rings. The summed E-state index contributed by atoms with van der Waals surface area (Å²) in [5.74, 6) is -0.728. The molecule has 2 aromatic heterocycles. The van der Waals surface area contributed by atoms with E-state index in [-0.39, 0.29) is 0 Å². The highest BCUT2D eigenvalue weighted by Crippen LogP contribution is 2.45. The smallest absolute Gasteiger partial charge is 0.337 e. The largest absolute Gasteiger partial charge is 0.479 e. The van der Waals surface area contributed by atoms with Crippen LogP contribution in [-0.2, 0) is 19.5 Å². The first-order valence-electron chi connectivity index (χ1n) is 16.6.